The van der Waals surface area contributed by atoms with E-state index in [1.807, 2.05) is 36.4 Å². The summed E-state index contributed by atoms with van der Waals surface area (Å²) in [5.41, 5.74) is -4.09. The fourth-order valence-electron chi connectivity index (χ4n) is 10.3. The molecule has 2 saturated carbocycles. The molecule has 1 heterocycles. The van der Waals surface area contributed by atoms with E-state index in [1.54, 1.807) is 76.2 Å². The normalized spacial score (nSPS) is 31.2. The molecule has 1 saturated heterocycles. The zero-order valence-electron chi connectivity index (χ0n) is 35.4. The highest BCUT2D eigenvalue weighted by atomic mass is 16.6. The van der Waals surface area contributed by atoms with E-state index in [4.69, 9.17) is 28.4 Å². The molecule has 3 fully saturated rings. The number of hydrogen-bond acceptors (Lipinski definition) is 13. The lowest BCUT2D eigenvalue weighted by molar-refractivity contribution is -0.352. The van der Waals surface area contributed by atoms with Crippen molar-refractivity contribution in [2.24, 2.45) is 16.7 Å². The molecule has 9 atom stereocenters. The third-order valence-corrected chi connectivity index (χ3v) is 13.4. The van der Waals surface area contributed by atoms with E-state index < -0.39 is 88.1 Å². The first-order valence-electron chi connectivity index (χ1n) is 20.5. The number of Topliss-reactive ketones (excluding diaryl/α,β-unsaturated/α-hetero) is 1. The predicted octanol–water partition coefficient (Wildman–Crippen LogP) is 5.61. The molecule has 0 radical (unpaired) electrons. The summed E-state index contributed by atoms with van der Waals surface area (Å²) < 4.78 is 37.4. The van der Waals surface area contributed by atoms with Crippen LogP contribution in [0.4, 0.5) is 0 Å². The van der Waals surface area contributed by atoms with Crippen molar-refractivity contribution in [3.8, 4) is 0 Å². The molecule has 61 heavy (non-hydrogen) atoms. The van der Waals surface area contributed by atoms with Gasteiger partial charge in [0.05, 0.1) is 31.2 Å². The summed E-state index contributed by atoms with van der Waals surface area (Å²) in [6.45, 7) is 10.1. The van der Waals surface area contributed by atoms with Gasteiger partial charge in [-0.1, -0.05) is 98.8 Å². The minimum atomic E-state index is -2.03. The van der Waals surface area contributed by atoms with Gasteiger partial charge in [0.25, 0.3) is 0 Å². The molecule has 13 nitrogen and oxygen atoms in total. The first-order valence-corrected chi connectivity index (χ1v) is 20.5. The van der Waals surface area contributed by atoms with Gasteiger partial charge in [0, 0.05) is 56.1 Å². The largest absolute Gasteiger partial charge is 0.461 e. The van der Waals surface area contributed by atoms with Crippen molar-refractivity contribution in [1.82, 2.24) is 0 Å². The van der Waals surface area contributed by atoms with E-state index in [-0.39, 0.29) is 43.8 Å². The van der Waals surface area contributed by atoms with Crippen molar-refractivity contribution >= 4 is 35.4 Å². The second-order valence-electron chi connectivity index (χ2n) is 17.4. The number of hydrogen-bond donors (Lipinski definition) is 1. The fraction of sp³-hybridized carbons (Fsp3) is 0.458. The van der Waals surface area contributed by atoms with Crippen LogP contribution in [0.25, 0.3) is 0 Å². The van der Waals surface area contributed by atoms with Crippen LogP contribution in [0.1, 0.15) is 88.4 Å². The Morgan fingerprint density at radius 2 is 1.38 bits per heavy atom. The van der Waals surface area contributed by atoms with Gasteiger partial charge >= 0.3 is 23.9 Å². The molecule has 0 unspecified atom stereocenters. The monoisotopic (exact) mass is 836 g/mol. The summed E-state index contributed by atoms with van der Waals surface area (Å²) in [6, 6.07) is 24.5. The number of ketones is 2. The molecule has 4 aliphatic rings. The molecular formula is C48H52O13. The van der Waals surface area contributed by atoms with Gasteiger partial charge in [-0.2, -0.15) is 0 Å². The minimum Gasteiger partial charge on any atom is -0.461 e. The molecule has 322 valence electrons. The Morgan fingerprint density at radius 3 is 1.95 bits per heavy atom. The van der Waals surface area contributed by atoms with Gasteiger partial charge in [0.2, 0.25) is 0 Å². The van der Waals surface area contributed by atoms with Crippen molar-refractivity contribution < 1.29 is 62.3 Å². The Hall–Kier alpha value is -5.50. The van der Waals surface area contributed by atoms with E-state index >= 15 is 4.79 Å². The number of esters is 4. The molecule has 1 aliphatic heterocycles. The molecule has 0 amide bonds. The molecule has 7 rings (SSSR count). The van der Waals surface area contributed by atoms with E-state index in [2.05, 4.69) is 0 Å². The van der Waals surface area contributed by atoms with Gasteiger partial charge in [-0.05, 0) is 36.1 Å². The van der Waals surface area contributed by atoms with Crippen molar-refractivity contribution in [2.75, 3.05) is 6.61 Å². The summed E-state index contributed by atoms with van der Waals surface area (Å²) in [4.78, 5) is 81.9. The van der Waals surface area contributed by atoms with Crippen LogP contribution in [0.2, 0.25) is 0 Å². The van der Waals surface area contributed by atoms with E-state index in [9.17, 15) is 29.1 Å². The third-order valence-electron chi connectivity index (χ3n) is 13.4. The van der Waals surface area contributed by atoms with Crippen molar-refractivity contribution in [3.63, 3.8) is 0 Å². The Labute approximate surface area is 354 Å². The molecule has 3 aromatic rings. The van der Waals surface area contributed by atoms with E-state index in [0.29, 0.717) is 22.3 Å². The third kappa shape index (κ3) is 7.61. The maximum absolute atomic E-state index is 15.9. The number of benzene rings is 3. The average molecular weight is 837 g/mol. The van der Waals surface area contributed by atoms with Crippen LogP contribution in [0.5, 0.6) is 0 Å². The number of aliphatic hydroxyl groups is 1. The average Bonchev–Trinajstić information content (AvgIpc) is 3.20. The smallest absolute Gasteiger partial charge is 0.310 e. The number of fused-ring (bicyclic) bond motifs is 5. The number of rotatable bonds is 11. The molecule has 3 aromatic carbocycles. The molecule has 3 aliphatic carbocycles. The standard InChI is InChI=1S/C48H52O13/c1-27-35(58-28(2)49)24-48(55)44(56-25-32-14-10-8-11-15-32)42-46(7,43(54)41(59-29(3)50)39(27)45(48,5)6)36(23-37-47(42,26-57-37)61-30(4)51)60-38(52)22-31-18-20-34(21-19-31)40(53)33-16-12-9-13-17-33/h8-21,35-37,41-42,44,55H,22-26H2,1-7H3/t35-,36-,37+,41+,42-,44-,46+,47-,48+/m0/s1. The highest BCUT2D eigenvalue weighted by Crippen LogP contribution is 2.65. The highest BCUT2D eigenvalue weighted by molar-refractivity contribution is 6.09. The van der Waals surface area contributed by atoms with Crippen LogP contribution in [-0.4, -0.2) is 88.9 Å². The molecule has 13 heteroatoms. The molecular weight excluding hydrogens is 785 g/mol. The second-order valence-corrected chi connectivity index (χ2v) is 17.4. The molecule has 0 aromatic heterocycles. The van der Waals surface area contributed by atoms with E-state index in [1.165, 1.54) is 13.8 Å². The van der Waals surface area contributed by atoms with Crippen LogP contribution < -0.4 is 0 Å². The van der Waals surface area contributed by atoms with Gasteiger partial charge in [-0.3, -0.25) is 28.8 Å². The van der Waals surface area contributed by atoms with Crippen molar-refractivity contribution in [2.45, 2.75) is 116 Å². The van der Waals surface area contributed by atoms with Gasteiger partial charge in [-0.15, -0.1) is 0 Å². The zero-order chi connectivity index (χ0) is 44.1. The summed E-state index contributed by atoms with van der Waals surface area (Å²) in [5.74, 6) is -5.00. The minimum absolute atomic E-state index is 0.0663. The Bertz CT molecular complexity index is 2250. The van der Waals surface area contributed by atoms with Crippen LogP contribution in [0.3, 0.4) is 0 Å². The van der Waals surface area contributed by atoms with Gasteiger partial charge < -0.3 is 33.5 Å². The van der Waals surface area contributed by atoms with Crippen LogP contribution in [-0.2, 0) is 65.4 Å². The molecule has 2 bridgehead atoms. The summed E-state index contributed by atoms with van der Waals surface area (Å²) in [5, 5.41) is 13.6. The van der Waals surface area contributed by atoms with Crippen molar-refractivity contribution in [3.05, 3.63) is 118 Å². The quantitative estimate of drug-likeness (QED) is 0.109. The Morgan fingerprint density at radius 1 is 0.770 bits per heavy atom. The highest BCUT2D eigenvalue weighted by Gasteiger charge is 2.78. The molecule has 1 N–H and O–H groups in total. The van der Waals surface area contributed by atoms with E-state index in [0.717, 1.165) is 12.5 Å². The number of carbonyl (C=O) groups is 6. The van der Waals surface area contributed by atoms with Gasteiger partial charge in [-0.25, -0.2) is 0 Å². The maximum atomic E-state index is 15.9. The van der Waals surface area contributed by atoms with Crippen LogP contribution in [0.15, 0.2) is 96.1 Å². The van der Waals surface area contributed by atoms with Crippen molar-refractivity contribution in [1.29, 1.82) is 0 Å². The second kappa shape index (κ2) is 16.4. The first-order chi connectivity index (χ1) is 28.8. The molecule has 0 spiro atoms. The summed E-state index contributed by atoms with van der Waals surface area (Å²) in [6.07, 6.45) is -6.89. The summed E-state index contributed by atoms with van der Waals surface area (Å²) in [7, 11) is 0. The van der Waals surface area contributed by atoms with Crippen LogP contribution >= 0.6 is 0 Å². The lowest BCUT2D eigenvalue weighted by Gasteiger charge is -2.68. The number of carbonyl (C=O) groups excluding carboxylic acids is 6. The lowest BCUT2D eigenvalue weighted by Crippen LogP contribution is -2.82. The van der Waals surface area contributed by atoms with Crippen LogP contribution in [0, 0.1) is 16.7 Å². The maximum Gasteiger partial charge on any atom is 0.310 e. The topological polar surface area (TPSA) is 178 Å². The SMILES string of the molecule is CC(=O)O[C@H]1C(=O)[C@]2(C)[C@@H](OC(=O)Cc3ccc(C(=O)c4ccccc4)cc3)C[C@H]3OC[C@@]3(OC(C)=O)[C@H]2[C@H](OCc2ccccc2)[C@]2(O)C[C@H](OC(C)=O)C(C)=C1C2(C)C. The lowest BCUT2D eigenvalue weighted by atomic mass is 9.44. The first kappa shape index (κ1) is 43.6. The predicted molar refractivity (Wildman–Crippen MR) is 218 cm³/mol. The Kier molecular flexibility index (Phi) is 11.7. The Balaban J connectivity index is 1.37. The summed E-state index contributed by atoms with van der Waals surface area (Å²) >= 11 is 0. The number of ether oxygens (including phenoxy) is 6. The zero-order valence-corrected chi connectivity index (χ0v) is 35.4. The van der Waals surface area contributed by atoms with Gasteiger partial charge in [0.1, 0.15) is 23.9 Å². The fourth-order valence-corrected chi connectivity index (χ4v) is 10.3. The van der Waals surface area contributed by atoms with Gasteiger partial charge in [0.15, 0.2) is 23.3 Å².